The van der Waals surface area contributed by atoms with Crippen LogP contribution in [0.15, 0.2) is 112 Å². The molecule has 4 aromatic rings. The first-order valence-corrected chi connectivity index (χ1v) is 20.2. The lowest BCUT2D eigenvalue weighted by atomic mass is 9.80. The van der Waals surface area contributed by atoms with Crippen LogP contribution in [0.2, 0.25) is 0 Å². The van der Waals surface area contributed by atoms with Crippen molar-refractivity contribution >= 4 is 69.6 Å². The van der Waals surface area contributed by atoms with Gasteiger partial charge in [0.1, 0.15) is 22.8 Å². The molecule has 0 aliphatic carbocycles. The Hall–Kier alpha value is -5.76. The lowest BCUT2D eigenvalue weighted by Gasteiger charge is -2.49. The number of anilines is 1. The molecule has 56 heavy (non-hydrogen) atoms. The number of carbonyl (C=O) groups excluding carboxylic acids is 4. The first-order valence-electron chi connectivity index (χ1n) is 17.3. The van der Waals surface area contributed by atoms with Gasteiger partial charge in [0, 0.05) is 39.7 Å². The fourth-order valence-corrected chi connectivity index (χ4v) is 8.86. The van der Waals surface area contributed by atoms with Crippen molar-refractivity contribution in [3.8, 4) is 12.3 Å². The molecule has 0 radical (unpaired) electrons. The standard InChI is InChI=1S/C40H37N5O8S3/c1-5-21-54-30-23-55-36-32(35(47)45(36)33(30)37(48)51-25(4)52-39(49)50-24(2)3)43-34(46)31(29-22-56-38(41)42-29)44-53-40(26-15-9-6-10-16-26,27-17-11-7-12-18-27)28-19-13-8-14-20-28/h1,6-20,22,24-25,32,36H,21,23H2,2-4H3,(H2,41,42)(H,43,46)/b44-31-/t25?,32-,36-/m1/s1. The largest absolute Gasteiger partial charge is 0.511 e. The maximum absolute atomic E-state index is 14.3. The molecule has 3 N–H and O–H groups in total. The van der Waals surface area contributed by atoms with E-state index >= 15 is 0 Å². The highest BCUT2D eigenvalue weighted by Gasteiger charge is 2.55. The number of nitrogens with one attached hydrogen (secondary N) is 1. The minimum atomic E-state index is -1.33. The van der Waals surface area contributed by atoms with E-state index in [4.69, 9.17) is 31.2 Å². The Morgan fingerprint density at radius 1 is 0.982 bits per heavy atom. The predicted molar refractivity (Wildman–Crippen MR) is 215 cm³/mol. The SMILES string of the molecule is C#CCSC1=C(C(=O)OC(C)OC(=O)OC(C)C)N2C(=O)[C@@H](NC(=O)/C(=N\OC(c3ccccc3)(c3ccccc3)c3ccccc3)c3csc(N)n3)[C@H]2SC1. The number of nitrogen functional groups attached to an aromatic ring is 1. The Labute approximate surface area is 336 Å². The molecule has 6 rings (SSSR count). The number of hydrogen-bond donors (Lipinski definition) is 2. The molecule has 3 heterocycles. The normalized spacial score (nSPS) is 17.2. The first-order chi connectivity index (χ1) is 27.0. The van der Waals surface area contributed by atoms with Crippen molar-refractivity contribution in [3.63, 3.8) is 0 Å². The van der Waals surface area contributed by atoms with Crippen LogP contribution in [0.3, 0.4) is 0 Å². The average molecular weight is 812 g/mol. The van der Waals surface area contributed by atoms with E-state index in [1.165, 1.54) is 35.3 Å². The molecule has 3 atom stereocenters. The lowest BCUT2D eigenvalue weighted by Crippen LogP contribution is -2.71. The molecule has 288 valence electrons. The minimum absolute atomic E-state index is 0.0555. The van der Waals surface area contributed by atoms with Crippen LogP contribution >= 0.6 is 34.9 Å². The smallest absolute Gasteiger partial charge is 0.431 e. The molecule has 0 saturated carbocycles. The third-order valence-electron chi connectivity index (χ3n) is 8.40. The number of aromatic nitrogens is 1. The van der Waals surface area contributed by atoms with Crippen molar-refractivity contribution < 1.29 is 38.2 Å². The monoisotopic (exact) mass is 811 g/mol. The minimum Gasteiger partial charge on any atom is -0.431 e. The summed E-state index contributed by atoms with van der Waals surface area (Å²) >= 11 is 3.64. The van der Waals surface area contributed by atoms with E-state index in [9.17, 15) is 19.2 Å². The number of nitrogens with two attached hydrogens (primary N) is 1. The number of β-lactam (4-membered cyclic amide) rings is 1. The Kier molecular flexibility index (Phi) is 12.7. The van der Waals surface area contributed by atoms with Crippen LogP contribution in [0.25, 0.3) is 0 Å². The third kappa shape index (κ3) is 8.55. The van der Waals surface area contributed by atoms with E-state index in [1.54, 1.807) is 19.2 Å². The summed E-state index contributed by atoms with van der Waals surface area (Å²) in [7, 11) is 0. The second-order valence-corrected chi connectivity index (χ2v) is 15.6. The molecule has 1 fully saturated rings. The summed E-state index contributed by atoms with van der Waals surface area (Å²) in [6.45, 7) is 4.63. The summed E-state index contributed by atoms with van der Waals surface area (Å²) < 4.78 is 15.4. The van der Waals surface area contributed by atoms with E-state index in [2.05, 4.69) is 21.4 Å². The fraction of sp³-hybridized carbons (Fsp3) is 0.250. The average Bonchev–Trinajstić information content (AvgIpc) is 3.63. The number of thiazole rings is 1. The number of hydrogen-bond acceptors (Lipinski definition) is 14. The van der Waals surface area contributed by atoms with Gasteiger partial charge in [-0.15, -0.1) is 41.3 Å². The zero-order valence-electron chi connectivity index (χ0n) is 30.4. The van der Waals surface area contributed by atoms with Gasteiger partial charge in [-0.05, 0) is 13.8 Å². The Morgan fingerprint density at radius 3 is 2.09 bits per heavy atom. The molecule has 3 aromatic carbocycles. The van der Waals surface area contributed by atoms with Crippen molar-refractivity contribution in [3.05, 3.63) is 129 Å². The topological polar surface area (TPSA) is 172 Å². The number of fused-ring (bicyclic) bond motifs is 1. The predicted octanol–water partition coefficient (Wildman–Crippen LogP) is 5.87. The summed E-state index contributed by atoms with van der Waals surface area (Å²) in [5, 5.41) is 8.37. The number of terminal acetylenes is 1. The van der Waals surface area contributed by atoms with E-state index in [0.29, 0.717) is 4.91 Å². The van der Waals surface area contributed by atoms with Gasteiger partial charge in [0.25, 0.3) is 11.8 Å². The number of esters is 1. The summed E-state index contributed by atoms with van der Waals surface area (Å²) in [6, 6.07) is 27.4. The van der Waals surface area contributed by atoms with Crippen LogP contribution < -0.4 is 11.1 Å². The number of rotatable bonds is 14. The molecule has 1 aromatic heterocycles. The summed E-state index contributed by atoms with van der Waals surface area (Å²) in [6.07, 6.45) is 2.69. The molecule has 2 amide bonds. The van der Waals surface area contributed by atoms with Gasteiger partial charge in [0.15, 0.2) is 10.8 Å². The van der Waals surface area contributed by atoms with Crippen molar-refractivity contribution in [2.24, 2.45) is 5.16 Å². The van der Waals surface area contributed by atoms with Crippen LogP contribution in [-0.4, -0.2) is 74.9 Å². The zero-order chi connectivity index (χ0) is 39.8. The van der Waals surface area contributed by atoms with Gasteiger partial charge in [-0.25, -0.2) is 14.6 Å². The Morgan fingerprint density at radius 2 is 1.57 bits per heavy atom. The molecule has 1 unspecified atom stereocenters. The molecule has 0 bridgehead atoms. The molecule has 16 heteroatoms. The number of amides is 2. The number of ether oxygens (including phenoxy) is 3. The maximum Gasteiger partial charge on any atom is 0.511 e. The van der Waals surface area contributed by atoms with E-state index in [-0.39, 0.29) is 33.7 Å². The van der Waals surface area contributed by atoms with E-state index in [0.717, 1.165) is 28.0 Å². The van der Waals surface area contributed by atoms with Gasteiger partial charge in [-0.1, -0.05) is 102 Å². The van der Waals surface area contributed by atoms with E-state index in [1.807, 2.05) is 91.0 Å². The number of oxime groups is 1. The molecular formula is C40H37N5O8S3. The maximum atomic E-state index is 14.3. The number of thioether (sulfide) groups is 2. The van der Waals surface area contributed by atoms with Crippen LogP contribution in [0, 0.1) is 12.3 Å². The molecule has 2 aliphatic rings. The molecule has 13 nitrogen and oxygen atoms in total. The lowest BCUT2D eigenvalue weighted by molar-refractivity contribution is -0.169. The van der Waals surface area contributed by atoms with Gasteiger partial charge >= 0.3 is 12.1 Å². The summed E-state index contributed by atoms with van der Waals surface area (Å²) in [5.41, 5.74) is 6.76. The molecular weight excluding hydrogens is 775 g/mol. The zero-order valence-corrected chi connectivity index (χ0v) is 32.9. The number of benzene rings is 3. The molecule has 2 aliphatic heterocycles. The van der Waals surface area contributed by atoms with Gasteiger partial charge in [-0.2, -0.15) is 0 Å². The third-order valence-corrected chi connectivity index (χ3v) is 11.5. The Bertz CT molecular complexity index is 2080. The van der Waals surface area contributed by atoms with Crippen LogP contribution in [0.4, 0.5) is 9.93 Å². The highest BCUT2D eigenvalue weighted by atomic mass is 32.2. The number of nitrogens with zero attached hydrogens (tertiary/aromatic N) is 3. The van der Waals surface area contributed by atoms with Gasteiger partial charge < -0.3 is 30.1 Å². The van der Waals surface area contributed by atoms with Gasteiger partial charge in [0.2, 0.25) is 11.9 Å². The van der Waals surface area contributed by atoms with Crippen molar-refractivity contribution in [1.82, 2.24) is 15.2 Å². The summed E-state index contributed by atoms with van der Waals surface area (Å²) in [4.78, 5) is 66.4. The van der Waals surface area contributed by atoms with Crippen LogP contribution in [0.5, 0.6) is 0 Å². The Balaban J connectivity index is 1.30. The van der Waals surface area contributed by atoms with Crippen molar-refractivity contribution in [1.29, 1.82) is 0 Å². The van der Waals surface area contributed by atoms with E-state index < -0.39 is 53.3 Å². The summed E-state index contributed by atoms with van der Waals surface area (Å²) in [5.74, 6) is 0.761. The first kappa shape index (κ1) is 39.9. The second kappa shape index (κ2) is 17.8. The van der Waals surface area contributed by atoms with Crippen LogP contribution in [0.1, 0.15) is 43.2 Å². The highest BCUT2D eigenvalue weighted by Crippen LogP contribution is 2.44. The fourth-order valence-electron chi connectivity index (χ4n) is 6.01. The van der Waals surface area contributed by atoms with Gasteiger partial charge in [-0.3, -0.25) is 14.5 Å². The highest BCUT2D eigenvalue weighted by molar-refractivity contribution is 8.06. The van der Waals surface area contributed by atoms with Gasteiger partial charge in [0.05, 0.1) is 11.9 Å². The van der Waals surface area contributed by atoms with Crippen LogP contribution in [-0.2, 0) is 39.0 Å². The quantitative estimate of drug-likeness (QED) is 0.0296. The molecule has 0 spiro atoms. The second-order valence-electron chi connectivity index (χ2n) is 12.5. The van der Waals surface area contributed by atoms with Crippen molar-refractivity contribution in [2.75, 3.05) is 17.2 Å². The van der Waals surface area contributed by atoms with Crippen molar-refractivity contribution in [2.45, 2.75) is 50.2 Å². The molecule has 1 saturated heterocycles. The number of carbonyl (C=O) groups is 4.